The molecular weight excluding hydrogens is 302 g/mol. The van der Waals surface area contributed by atoms with Crippen LogP contribution in [0.4, 0.5) is 11.5 Å². The highest BCUT2D eigenvalue weighted by atomic mass is 16.1. The van der Waals surface area contributed by atoms with E-state index in [1.54, 1.807) is 24.5 Å². The number of nitrogens with zero attached hydrogens (tertiary/aromatic N) is 3. The van der Waals surface area contributed by atoms with Crippen molar-refractivity contribution in [2.24, 2.45) is 0 Å². The van der Waals surface area contributed by atoms with Gasteiger partial charge in [0.25, 0.3) is 5.91 Å². The lowest BCUT2D eigenvalue weighted by Gasteiger charge is -2.08. The van der Waals surface area contributed by atoms with E-state index in [-0.39, 0.29) is 5.91 Å². The van der Waals surface area contributed by atoms with Crippen molar-refractivity contribution in [2.75, 3.05) is 10.6 Å². The van der Waals surface area contributed by atoms with E-state index in [9.17, 15) is 4.79 Å². The van der Waals surface area contributed by atoms with Crippen LogP contribution < -0.4 is 10.6 Å². The first-order valence-electron chi connectivity index (χ1n) is 7.53. The lowest BCUT2D eigenvalue weighted by Crippen LogP contribution is -2.11. The third-order valence-corrected chi connectivity index (χ3v) is 3.43. The van der Waals surface area contributed by atoms with E-state index in [2.05, 4.69) is 25.6 Å². The second-order valence-electron chi connectivity index (χ2n) is 5.29. The highest BCUT2D eigenvalue weighted by Gasteiger charge is 2.05. The average Bonchev–Trinajstić information content (AvgIpc) is 2.62. The van der Waals surface area contributed by atoms with Crippen molar-refractivity contribution in [3.63, 3.8) is 0 Å². The van der Waals surface area contributed by atoms with E-state index in [1.807, 2.05) is 37.3 Å². The summed E-state index contributed by atoms with van der Waals surface area (Å²) in [6.07, 6.45) is 4.73. The molecule has 2 N–H and O–H groups in total. The Kier molecular flexibility index (Phi) is 4.76. The van der Waals surface area contributed by atoms with Gasteiger partial charge in [-0.25, -0.2) is 9.97 Å². The molecule has 2 heterocycles. The van der Waals surface area contributed by atoms with Crippen LogP contribution in [0.25, 0.3) is 0 Å². The molecule has 1 aromatic carbocycles. The molecule has 0 aliphatic rings. The van der Waals surface area contributed by atoms with Gasteiger partial charge < -0.3 is 10.6 Å². The Morgan fingerprint density at radius 3 is 2.50 bits per heavy atom. The van der Waals surface area contributed by atoms with E-state index in [0.717, 1.165) is 22.8 Å². The zero-order valence-electron chi connectivity index (χ0n) is 13.2. The Balaban J connectivity index is 1.58. The van der Waals surface area contributed by atoms with Gasteiger partial charge in [0.05, 0.1) is 0 Å². The first-order chi connectivity index (χ1) is 11.7. The average molecular weight is 319 g/mol. The summed E-state index contributed by atoms with van der Waals surface area (Å²) in [5, 5.41) is 6.10. The van der Waals surface area contributed by atoms with Gasteiger partial charge >= 0.3 is 0 Å². The Morgan fingerprint density at radius 1 is 1.04 bits per heavy atom. The zero-order valence-corrected chi connectivity index (χ0v) is 13.2. The standard InChI is InChI=1S/C18H17N5O/c1-13-10-17(22-12-21-13)20-11-14-2-4-16(5-3-14)23-18(24)15-6-8-19-9-7-15/h2-10,12H,11H2,1H3,(H,23,24)(H,20,21,22). The summed E-state index contributed by atoms with van der Waals surface area (Å²) in [6, 6.07) is 12.9. The van der Waals surface area contributed by atoms with Crippen molar-refractivity contribution in [1.82, 2.24) is 15.0 Å². The lowest BCUT2D eigenvalue weighted by molar-refractivity contribution is 0.102. The molecule has 3 aromatic rings. The van der Waals surface area contributed by atoms with Crippen LogP contribution >= 0.6 is 0 Å². The number of anilines is 2. The van der Waals surface area contributed by atoms with Gasteiger partial charge in [0.2, 0.25) is 0 Å². The highest BCUT2D eigenvalue weighted by Crippen LogP contribution is 2.13. The van der Waals surface area contributed by atoms with Crippen LogP contribution in [-0.2, 0) is 6.54 Å². The van der Waals surface area contributed by atoms with E-state index < -0.39 is 0 Å². The Labute approximate surface area is 140 Å². The fraction of sp³-hybridized carbons (Fsp3) is 0.111. The first kappa shape index (κ1) is 15.6. The summed E-state index contributed by atoms with van der Waals surface area (Å²) in [5.74, 6) is 0.636. The molecule has 120 valence electrons. The summed E-state index contributed by atoms with van der Waals surface area (Å²) in [5.41, 5.74) is 3.34. The number of nitrogens with one attached hydrogen (secondary N) is 2. The SMILES string of the molecule is Cc1cc(NCc2ccc(NC(=O)c3ccncc3)cc2)ncn1. The van der Waals surface area contributed by atoms with Gasteiger partial charge in [-0.15, -0.1) is 0 Å². The van der Waals surface area contributed by atoms with Crippen molar-refractivity contribution in [3.05, 3.63) is 78.0 Å². The molecule has 0 saturated carbocycles. The van der Waals surface area contributed by atoms with Crippen LogP contribution in [0, 0.1) is 6.92 Å². The molecule has 0 aliphatic carbocycles. The predicted molar refractivity (Wildman–Crippen MR) is 92.7 cm³/mol. The Hall–Kier alpha value is -3.28. The van der Waals surface area contributed by atoms with Crippen LogP contribution in [-0.4, -0.2) is 20.9 Å². The monoisotopic (exact) mass is 319 g/mol. The zero-order chi connectivity index (χ0) is 16.8. The maximum atomic E-state index is 12.1. The predicted octanol–water partition coefficient (Wildman–Crippen LogP) is 3.04. The number of aromatic nitrogens is 3. The summed E-state index contributed by atoms with van der Waals surface area (Å²) < 4.78 is 0. The maximum absolute atomic E-state index is 12.1. The number of hydrogen-bond donors (Lipinski definition) is 2. The van der Waals surface area contributed by atoms with Crippen LogP contribution in [0.1, 0.15) is 21.6 Å². The van der Waals surface area contributed by atoms with Crippen molar-refractivity contribution in [2.45, 2.75) is 13.5 Å². The summed E-state index contributed by atoms with van der Waals surface area (Å²) in [7, 11) is 0. The molecule has 2 aromatic heterocycles. The van der Waals surface area contributed by atoms with Gasteiger partial charge in [0.15, 0.2) is 0 Å². The van der Waals surface area contributed by atoms with Gasteiger partial charge in [0, 0.05) is 41.9 Å². The van der Waals surface area contributed by atoms with Crippen molar-refractivity contribution in [3.8, 4) is 0 Å². The molecule has 0 spiro atoms. The highest BCUT2D eigenvalue weighted by molar-refractivity contribution is 6.04. The summed E-state index contributed by atoms with van der Waals surface area (Å²) >= 11 is 0. The van der Waals surface area contributed by atoms with Crippen molar-refractivity contribution < 1.29 is 4.79 Å². The van der Waals surface area contributed by atoms with Gasteiger partial charge in [-0.3, -0.25) is 9.78 Å². The molecule has 0 saturated heterocycles. The second-order valence-corrected chi connectivity index (χ2v) is 5.29. The smallest absolute Gasteiger partial charge is 0.255 e. The molecule has 0 unspecified atom stereocenters. The molecule has 0 atom stereocenters. The van der Waals surface area contributed by atoms with Crippen molar-refractivity contribution >= 4 is 17.4 Å². The number of rotatable bonds is 5. The number of carbonyl (C=O) groups excluding carboxylic acids is 1. The van der Waals surface area contributed by atoms with Crippen LogP contribution in [0.2, 0.25) is 0 Å². The normalized spacial score (nSPS) is 10.2. The van der Waals surface area contributed by atoms with E-state index >= 15 is 0 Å². The number of amides is 1. The molecule has 0 aliphatic heterocycles. The maximum Gasteiger partial charge on any atom is 0.255 e. The topological polar surface area (TPSA) is 79.8 Å². The summed E-state index contributed by atoms with van der Waals surface area (Å²) in [6.45, 7) is 2.57. The number of aryl methyl sites for hydroxylation is 1. The van der Waals surface area contributed by atoms with Crippen LogP contribution in [0.15, 0.2) is 61.2 Å². The fourth-order valence-electron chi connectivity index (χ4n) is 2.16. The van der Waals surface area contributed by atoms with Crippen LogP contribution in [0.3, 0.4) is 0 Å². The number of benzene rings is 1. The number of pyridine rings is 1. The van der Waals surface area contributed by atoms with Crippen molar-refractivity contribution in [1.29, 1.82) is 0 Å². The molecule has 0 radical (unpaired) electrons. The second kappa shape index (κ2) is 7.32. The molecule has 1 amide bonds. The minimum absolute atomic E-state index is 0.153. The van der Waals surface area contributed by atoms with Crippen LogP contribution in [0.5, 0.6) is 0 Å². The third-order valence-electron chi connectivity index (χ3n) is 3.43. The molecule has 0 fully saturated rings. The number of hydrogen-bond acceptors (Lipinski definition) is 5. The minimum atomic E-state index is -0.153. The molecular formula is C18H17N5O. The largest absolute Gasteiger partial charge is 0.366 e. The van der Waals surface area contributed by atoms with E-state index in [1.165, 1.54) is 6.33 Å². The minimum Gasteiger partial charge on any atom is -0.366 e. The molecule has 6 nitrogen and oxygen atoms in total. The molecule has 3 rings (SSSR count). The Bertz CT molecular complexity index is 818. The van der Waals surface area contributed by atoms with Gasteiger partial charge in [0.1, 0.15) is 12.1 Å². The molecule has 0 bridgehead atoms. The summed E-state index contributed by atoms with van der Waals surface area (Å²) in [4.78, 5) is 24.2. The fourth-order valence-corrected chi connectivity index (χ4v) is 2.16. The Morgan fingerprint density at radius 2 is 1.79 bits per heavy atom. The van der Waals surface area contributed by atoms with E-state index in [4.69, 9.17) is 0 Å². The van der Waals surface area contributed by atoms with Gasteiger partial charge in [-0.2, -0.15) is 0 Å². The van der Waals surface area contributed by atoms with Gasteiger partial charge in [-0.1, -0.05) is 12.1 Å². The lowest BCUT2D eigenvalue weighted by atomic mass is 10.2. The quantitative estimate of drug-likeness (QED) is 0.755. The number of carbonyl (C=O) groups is 1. The molecule has 6 heteroatoms. The first-order valence-corrected chi connectivity index (χ1v) is 7.53. The third kappa shape index (κ3) is 4.13. The molecule has 24 heavy (non-hydrogen) atoms. The van der Waals surface area contributed by atoms with E-state index in [0.29, 0.717) is 12.1 Å². The van der Waals surface area contributed by atoms with Gasteiger partial charge in [-0.05, 0) is 36.8 Å².